The van der Waals surface area contributed by atoms with Crippen molar-refractivity contribution in [2.75, 3.05) is 7.05 Å². The Labute approximate surface area is 120 Å². The maximum Gasteiger partial charge on any atom is 0.214 e. The van der Waals surface area contributed by atoms with Crippen LogP contribution in [-0.2, 0) is 0 Å². The molecule has 108 valence electrons. The molecule has 0 radical (unpaired) electrons. The number of halogens is 1. The Morgan fingerprint density at radius 3 is 2.71 bits per heavy atom. The Morgan fingerprint density at radius 1 is 1.33 bits per heavy atom. The molecule has 0 bridgehead atoms. The summed E-state index contributed by atoms with van der Waals surface area (Å²) in [5.41, 5.74) is -0.239. The Morgan fingerprint density at radius 2 is 2.05 bits per heavy atom. The Kier molecular flexibility index (Phi) is 4.27. The van der Waals surface area contributed by atoms with Gasteiger partial charge in [-0.25, -0.2) is 9.07 Å². The first-order valence-corrected chi connectivity index (χ1v) is 6.28. The molecule has 2 aromatic rings. The number of rotatable bonds is 4. The third-order valence-electron chi connectivity index (χ3n) is 2.84. The molecule has 0 unspecified atom stereocenters. The number of nitrogens with one attached hydrogen (secondary N) is 1. The lowest BCUT2D eigenvalue weighted by molar-refractivity contribution is 0.102. The summed E-state index contributed by atoms with van der Waals surface area (Å²) in [4.78, 5) is 23.9. The van der Waals surface area contributed by atoms with Crippen LogP contribution in [0.1, 0.15) is 17.4 Å². The van der Waals surface area contributed by atoms with Crippen LogP contribution in [0, 0.1) is 5.82 Å². The SMILES string of the molecule is CN/C=C(\C)C(=O)c1nn(-c2ccccc2F)ccc1=O. The molecule has 0 atom stereocenters. The summed E-state index contributed by atoms with van der Waals surface area (Å²) in [6.45, 7) is 1.57. The molecule has 1 aromatic heterocycles. The predicted octanol–water partition coefficient (Wildman–Crippen LogP) is 1.68. The number of carbonyl (C=O) groups is 1. The van der Waals surface area contributed by atoms with Gasteiger partial charge in [0.05, 0.1) is 0 Å². The van der Waals surface area contributed by atoms with E-state index in [0.29, 0.717) is 5.57 Å². The minimum absolute atomic E-state index is 0.168. The van der Waals surface area contributed by atoms with E-state index in [-0.39, 0.29) is 11.4 Å². The van der Waals surface area contributed by atoms with Crippen LogP contribution >= 0.6 is 0 Å². The van der Waals surface area contributed by atoms with Crippen molar-refractivity contribution in [3.63, 3.8) is 0 Å². The highest BCUT2D eigenvalue weighted by atomic mass is 19.1. The molecule has 1 aromatic carbocycles. The molecular formula is C15H14FN3O2. The van der Waals surface area contributed by atoms with E-state index in [1.807, 2.05) is 0 Å². The highest BCUT2D eigenvalue weighted by molar-refractivity contribution is 6.06. The number of ketones is 1. The van der Waals surface area contributed by atoms with Crippen LogP contribution < -0.4 is 10.7 Å². The lowest BCUT2D eigenvalue weighted by Gasteiger charge is -2.08. The van der Waals surface area contributed by atoms with E-state index < -0.39 is 17.0 Å². The monoisotopic (exact) mass is 287 g/mol. The first kappa shape index (κ1) is 14.6. The number of Topliss-reactive ketones (excluding diaryl/α,β-unsaturated/α-hetero) is 1. The number of allylic oxidation sites excluding steroid dienone is 1. The smallest absolute Gasteiger partial charge is 0.214 e. The second kappa shape index (κ2) is 6.13. The maximum atomic E-state index is 13.7. The Hall–Kier alpha value is -2.76. The molecule has 1 heterocycles. The zero-order valence-corrected chi connectivity index (χ0v) is 11.6. The molecule has 0 aliphatic heterocycles. The van der Waals surface area contributed by atoms with E-state index >= 15 is 0 Å². The molecule has 6 heteroatoms. The number of para-hydroxylation sites is 1. The quantitative estimate of drug-likeness (QED) is 0.686. The van der Waals surface area contributed by atoms with Gasteiger partial charge in [-0.2, -0.15) is 5.10 Å². The third-order valence-corrected chi connectivity index (χ3v) is 2.84. The number of hydrogen-bond acceptors (Lipinski definition) is 4. The fraction of sp³-hybridized carbons (Fsp3) is 0.133. The van der Waals surface area contributed by atoms with Gasteiger partial charge >= 0.3 is 0 Å². The molecule has 5 nitrogen and oxygen atoms in total. The maximum absolute atomic E-state index is 13.7. The fourth-order valence-corrected chi connectivity index (χ4v) is 1.81. The first-order chi connectivity index (χ1) is 10.0. The third kappa shape index (κ3) is 3.05. The summed E-state index contributed by atoms with van der Waals surface area (Å²) in [5.74, 6) is -0.991. The van der Waals surface area contributed by atoms with E-state index in [2.05, 4.69) is 10.4 Å². The molecule has 2 rings (SSSR count). The van der Waals surface area contributed by atoms with Gasteiger partial charge in [0, 0.05) is 31.1 Å². The van der Waals surface area contributed by atoms with Crippen LogP contribution in [-0.4, -0.2) is 22.6 Å². The van der Waals surface area contributed by atoms with E-state index in [1.54, 1.807) is 26.1 Å². The average molecular weight is 287 g/mol. The number of nitrogens with zero attached hydrogens (tertiary/aromatic N) is 2. The van der Waals surface area contributed by atoms with Gasteiger partial charge in [0.1, 0.15) is 11.5 Å². The lowest BCUT2D eigenvalue weighted by atomic mass is 10.1. The summed E-state index contributed by atoms with van der Waals surface area (Å²) in [7, 11) is 1.65. The summed E-state index contributed by atoms with van der Waals surface area (Å²) >= 11 is 0. The highest BCUT2D eigenvalue weighted by Crippen LogP contribution is 2.11. The van der Waals surface area contributed by atoms with Gasteiger partial charge in [0.25, 0.3) is 0 Å². The predicted molar refractivity (Wildman–Crippen MR) is 76.9 cm³/mol. The summed E-state index contributed by atoms with van der Waals surface area (Å²) < 4.78 is 14.9. The number of hydrogen-bond donors (Lipinski definition) is 1. The van der Waals surface area contributed by atoms with Gasteiger partial charge in [-0.1, -0.05) is 12.1 Å². The van der Waals surface area contributed by atoms with Crippen molar-refractivity contribution in [2.45, 2.75) is 6.92 Å². The van der Waals surface area contributed by atoms with Crippen molar-refractivity contribution in [1.29, 1.82) is 0 Å². The van der Waals surface area contributed by atoms with E-state index in [1.165, 1.54) is 35.3 Å². The number of aromatic nitrogens is 2. The average Bonchev–Trinajstić information content (AvgIpc) is 2.48. The first-order valence-electron chi connectivity index (χ1n) is 6.28. The molecule has 21 heavy (non-hydrogen) atoms. The fourth-order valence-electron chi connectivity index (χ4n) is 1.81. The van der Waals surface area contributed by atoms with Crippen molar-refractivity contribution in [3.05, 3.63) is 70.0 Å². The highest BCUT2D eigenvalue weighted by Gasteiger charge is 2.15. The van der Waals surface area contributed by atoms with E-state index in [0.717, 1.165) is 0 Å². The van der Waals surface area contributed by atoms with Crippen LogP contribution in [0.4, 0.5) is 4.39 Å². The van der Waals surface area contributed by atoms with Crippen LogP contribution in [0.25, 0.3) is 5.69 Å². The summed E-state index contributed by atoms with van der Waals surface area (Å²) in [5, 5.41) is 6.67. The van der Waals surface area contributed by atoms with Gasteiger partial charge in [-0.3, -0.25) is 9.59 Å². The Bertz CT molecular complexity index is 766. The molecule has 0 fully saturated rings. The van der Waals surface area contributed by atoms with E-state index in [9.17, 15) is 14.0 Å². The van der Waals surface area contributed by atoms with Gasteiger partial charge in [0.15, 0.2) is 5.69 Å². The number of benzene rings is 1. The second-order valence-electron chi connectivity index (χ2n) is 4.37. The van der Waals surface area contributed by atoms with Gasteiger partial charge in [0.2, 0.25) is 11.2 Å². The zero-order valence-electron chi connectivity index (χ0n) is 11.6. The number of carbonyl (C=O) groups excluding carboxylic acids is 1. The summed E-state index contributed by atoms with van der Waals surface area (Å²) in [6.07, 6.45) is 2.80. The molecule has 0 aliphatic carbocycles. The van der Waals surface area contributed by atoms with Crippen LogP contribution in [0.2, 0.25) is 0 Å². The molecule has 0 amide bonds. The van der Waals surface area contributed by atoms with Crippen LogP contribution in [0.15, 0.2) is 53.1 Å². The second-order valence-corrected chi connectivity index (χ2v) is 4.37. The topological polar surface area (TPSA) is 64.0 Å². The zero-order chi connectivity index (χ0) is 15.4. The molecule has 1 N–H and O–H groups in total. The minimum atomic E-state index is -0.503. The lowest BCUT2D eigenvalue weighted by Crippen LogP contribution is -2.22. The minimum Gasteiger partial charge on any atom is -0.394 e. The van der Waals surface area contributed by atoms with Gasteiger partial charge in [-0.15, -0.1) is 0 Å². The van der Waals surface area contributed by atoms with Gasteiger partial charge in [-0.05, 0) is 19.1 Å². The normalized spacial score (nSPS) is 11.3. The van der Waals surface area contributed by atoms with Crippen LogP contribution in [0.3, 0.4) is 0 Å². The van der Waals surface area contributed by atoms with Crippen molar-refractivity contribution in [1.82, 2.24) is 15.1 Å². The van der Waals surface area contributed by atoms with Crippen LogP contribution in [0.5, 0.6) is 0 Å². The van der Waals surface area contributed by atoms with Crippen molar-refractivity contribution in [2.24, 2.45) is 0 Å². The van der Waals surface area contributed by atoms with E-state index in [4.69, 9.17) is 0 Å². The standard InChI is InChI=1S/C15H14FN3O2/c1-10(9-17-2)15(21)14-13(20)7-8-19(18-14)12-6-4-3-5-11(12)16/h3-9,17H,1-2H3/b10-9+. The van der Waals surface area contributed by atoms with Gasteiger partial charge < -0.3 is 5.32 Å². The molecule has 0 saturated carbocycles. The molecule has 0 spiro atoms. The van der Waals surface area contributed by atoms with Crippen molar-refractivity contribution >= 4 is 5.78 Å². The summed E-state index contributed by atoms with van der Waals surface area (Å²) in [6, 6.07) is 7.18. The van der Waals surface area contributed by atoms with Crippen molar-refractivity contribution in [3.8, 4) is 5.69 Å². The molecule has 0 aliphatic rings. The van der Waals surface area contributed by atoms with Crippen molar-refractivity contribution < 1.29 is 9.18 Å². The Balaban J connectivity index is 2.53. The molecular weight excluding hydrogens is 273 g/mol. The molecule has 0 saturated heterocycles. The largest absolute Gasteiger partial charge is 0.394 e.